The summed E-state index contributed by atoms with van der Waals surface area (Å²) in [4.78, 5) is 25.5. The highest BCUT2D eigenvalue weighted by Gasteiger charge is 2.07. The summed E-state index contributed by atoms with van der Waals surface area (Å²) in [6, 6.07) is 14.0. The number of amides is 1. The summed E-state index contributed by atoms with van der Waals surface area (Å²) in [5.74, 6) is -0.962. The molecule has 0 aliphatic heterocycles. The summed E-state index contributed by atoms with van der Waals surface area (Å²) in [6.45, 7) is 2.65. The van der Waals surface area contributed by atoms with E-state index in [2.05, 4.69) is 20.8 Å². The van der Waals surface area contributed by atoms with E-state index in [0.29, 0.717) is 11.3 Å². The van der Waals surface area contributed by atoms with Gasteiger partial charge in [0.25, 0.3) is 5.91 Å². The van der Waals surface area contributed by atoms with Crippen LogP contribution in [0.4, 0.5) is 11.4 Å². The average molecular weight is 393 g/mol. The zero-order chi connectivity index (χ0) is 21.4. The third-order valence-corrected chi connectivity index (χ3v) is 3.86. The maximum absolute atomic E-state index is 12.2. The van der Waals surface area contributed by atoms with Gasteiger partial charge in [0.15, 0.2) is 11.5 Å². The molecule has 0 heterocycles. The van der Waals surface area contributed by atoms with Gasteiger partial charge in [-0.15, -0.1) is 5.11 Å². The molecule has 0 saturated heterocycles. The van der Waals surface area contributed by atoms with Gasteiger partial charge in [-0.2, -0.15) is 10.2 Å². The maximum Gasteiger partial charge on any atom is 0.271 e. The van der Waals surface area contributed by atoms with E-state index in [9.17, 15) is 14.7 Å². The third-order valence-electron chi connectivity index (χ3n) is 3.86. The molecule has 0 spiro atoms. The lowest BCUT2D eigenvalue weighted by Gasteiger charge is -2.11. The summed E-state index contributed by atoms with van der Waals surface area (Å²) < 4.78 is 0. The van der Waals surface area contributed by atoms with Crippen LogP contribution < -0.4 is 10.3 Å². The van der Waals surface area contributed by atoms with Gasteiger partial charge in [0.2, 0.25) is 0 Å². The van der Waals surface area contributed by atoms with Crippen LogP contribution in [-0.2, 0) is 4.79 Å². The van der Waals surface area contributed by atoms with E-state index in [0.717, 1.165) is 11.3 Å². The monoisotopic (exact) mass is 393 g/mol. The second-order valence-corrected chi connectivity index (χ2v) is 6.42. The number of hydrogen-bond donors (Lipinski definition) is 2. The molecule has 8 heteroatoms. The number of allylic oxidation sites excluding steroid dienone is 2. The second kappa shape index (κ2) is 9.93. The van der Waals surface area contributed by atoms with Crippen LogP contribution in [-0.4, -0.2) is 37.1 Å². The molecule has 8 nitrogen and oxygen atoms in total. The minimum atomic E-state index is -0.390. The van der Waals surface area contributed by atoms with Crippen molar-refractivity contribution in [2.45, 2.75) is 13.8 Å². The Labute approximate surface area is 169 Å². The first-order valence-corrected chi connectivity index (χ1v) is 8.81. The molecule has 1 amide bonds. The molecule has 2 aromatic rings. The quantitative estimate of drug-likeness (QED) is 0.244. The molecule has 0 saturated carbocycles. The van der Waals surface area contributed by atoms with E-state index in [1.54, 1.807) is 30.5 Å². The summed E-state index contributed by atoms with van der Waals surface area (Å²) in [7, 11) is 3.92. The Morgan fingerprint density at radius 2 is 1.62 bits per heavy atom. The number of ketones is 1. The lowest BCUT2D eigenvalue weighted by Crippen LogP contribution is -2.17. The standard InChI is InChI=1S/C21H23N5O3/c1-14(27)20(15(2)28)24-23-18-9-7-17(8-10-18)21(29)25-22-13-16-5-11-19(12-6-16)26(3)4/h5-13,27H,1-4H3,(H,25,29)/b20-14-,22-13+,24-23?. The van der Waals surface area contributed by atoms with Gasteiger partial charge in [-0.25, -0.2) is 5.43 Å². The fraction of sp³-hybridized carbons (Fsp3) is 0.190. The Bertz CT molecular complexity index is 955. The van der Waals surface area contributed by atoms with Gasteiger partial charge in [0.1, 0.15) is 5.76 Å². The van der Waals surface area contributed by atoms with Gasteiger partial charge in [0.05, 0.1) is 11.9 Å². The first-order chi connectivity index (χ1) is 13.8. The van der Waals surface area contributed by atoms with Crippen LogP contribution in [0, 0.1) is 0 Å². The van der Waals surface area contributed by atoms with Gasteiger partial charge < -0.3 is 10.0 Å². The number of hydrogen-bond acceptors (Lipinski definition) is 7. The zero-order valence-electron chi connectivity index (χ0n) is 16.7. The number of benzene rings is 2. The molecule has 0 aliphatic carbocycles. The Morgan fingerprint density at radius 3 is 2.14 bits per heavy atom. The number of azo groups is 1. The maximum atomic E-state index is 12.2. The fourth-order valence-electron chi connectivity index (χ4n) is 2.27. The van der Waals surface area contributed by atoms with Crippen molar-refractivity contribution in [3.63, 3.8) is 0 Å². The van der Waals surface area contributed by atoms with Gasteiger partial charge >= 0.3 is 0 Å². The summed E-state index contributed by atoms with van der Waals surface area (Å²) in [5, 5.41) is 21.0. The topological polar surface area (TPSA) is 107 Å². The van der Waals surface area contributed by atoms with E-state index < -0.39 is 0 Å². The van der Waals surface area contributed by atoms with Crippen LogP contribution in [0.2, 0.25) is 0 Å². The van der Waals surface area contributed by atoms with Gasteiger partial charge in [-0.3, -0.25) is 9.59 Å². The number of carbonyl (C=O) groups excluding carboxylic acids is 2. The molecule has 2 aromatic carbocycles. The number of carbonyl (C=O) groups is 2. The van der Waals surface area contributed by atoms with Crippen molar-refractivity contribution in [2.24, 2.45) is 15.3 Å². The minimum Gasteiger partial charge on any atom is -0.510 e. The van der Waals surface area contributed by atoms with Crippen molar-refractivity contribution in [3.8, 4) is 0 Å². The summed E-state index contributed by atoms with van der Waals surface area (Å²) >= 11 is 0. The zero-order valence-corrected chi connectivity index (χ0v) is 16.7. The molecular weight excluding hydrogens is 370 g/mol. The Kier molecular flexibility index (Phi) is 7.36. The first-order valence-electron chi connectivity index (χ1n) is 8.81. The molecule has 2 rings (SSSR count). The highest BCUT2D eigenvalue weighted by molar-refractivity contribution is 5.95. The SMILES string of the molecule is CC(=O)/C(N=Nc1ccc(C(=O)N/N=C/c2ccc(N(C)C)cc2)cc1)=C(\C)O. The molecule has 0 unspecified atom stereocenters. The van der Waals surface area contributed by atoms with Crippen molar-refractivity contribution in [3.05, 3.63) is 71.1 Å². The number of hydrazone groups is 1. The Balaban J connectivity index is 1.98. The first kappa shape index (κ1) is 21.5. The van der Waals surface area contributed by atoms with E-state index >= 15 is 0 Å². The van der Waals surface area contributed by atoms with Crippen LogP contribution in [0.1, 0.15) is 29.8 Å². The molecule has 0 aliphatic rings. The van der Waals surface area contributed by atoms with Crippen LogP contribution in [0.3, 0.4) is 0 Å². The molecule has 0 bridgehead atoms. The van der Waals surface area contributed by atoms with Crippen molar-refractivity contribution >= 4 is 29.3 Å². The molecule has 0 fully saturated rings. The smallest absolute Gasteiger partial charge is 0.271 e. The van der Waals surface area contributed by atoms with Crippen LogP contribution in [0.5, 0.6) is 0 Å². The summed E-state index contributed by atoms with van der Waals surface area (Å²) in [5.41, 5.74) is 5.12. The highest BCUT2D eigenvalue weighted by atomic mass is 16.3. The largest absolute Gasteiger partial charge is 0.510 e. The molecule has 0 radical (unpaired) electrons. The number of aliphatic hydroxyl groups is 1. The third kappa shape index (κ3) is 6.39. The lowest BCUT2D eigenvalue weighted by atomic mass is 10.2. The molecule has 2 N–H and O–H groups in total. The number of rotatable bonds is 7. The van der Waals surface area contributed by atoms with Gasteiger partial charge in [-0.05, 0) is 48.9 Å². The molecule has 0 aromatic heterocycles. The number of nitrogens with one attached hydrogen (secondary N) is 1. The minimum absolute atomic E-state index is 0.111. The van der Waals surface area contributed by atoms with Gasteiger partial charge in [-0.1, -0.05) is 12.1 Å². The molecule has 29 heavy (non-hydrogen) atoms. The molecule has 150 valence electrons. The number of aliphatic hydroxyl groups excluding tert-OH is 1. The second-order valence-electron chi connectivity index (χ2n) is 6.42. The van der Waals surface area contributed by atoms with E-state index in [1.807, 2.05) is 43.3 Å². The molecular formula is C21H23N5O3. The van der Waals surface area contributed by atoms with Crippen molar-refractivity contribution < 1.29 is 14.7 Å². The number of anilines is 1. The Hall–Kier alpha value is -3.81. The van der Waals surface area contributed by atoms with E-state index in [4.69, 9.17) is 0 Å². The predicted molar refractivity (Wildman–Crippen MR) is 113 cm³/mol. The highest BCUT2D eigenvalue weighted by Crippen LogP contribution is 2.16. The van der Waals surface area contributed by atoms with Crippen molar-refractivity contribution in [2.75, 3.05) is 19.0 Å². The number of nitrogens with zero attached hydrogens (tertiary/aromatic N) is 4. The molecule has 0 atom stereocenters. The van der Waals surface area contributed by atoms with E-state index in [-0.39, 0.29) is 23.1 Å². The average Bonchev–Trinajstić information content (AvgIpc) is 2.68. The predicted octanol–water partition coefficient (Wildman–Crippen LogP) is 3.98. The van der Waals surface area contributed by atoms with Crippen LogP contribution >= 0.6 is 0 Å². The van der Waals surface area contributed by atoms with Crippen molar-refractivity contribution in [1.29, 1.82) is 0 Å². The lowest BCUT2D eigenvalue weighted by molar-refractivity contribution is -0.113. The van der Waals surface area contributed by atoms with Gasteiger partial charge in [0, 0.05) is 32.3 Å². The number of Topliss-reactive ketones (excluding diaryl/α,β-unsaturated/α-hetero) is 1. The van der Waals surface area contributed by atoms with Crippen LogP contribution in [0.15, 0.2) is 75.3 Å². The van der Waals surface area contributed by atoms with Crippen LogP contribution in [0.25, 0.3) is 0 Å². The normalized spacial score (nSPS) is 12.1. The summed E-state index contributed by atoms with van der Waals surface area (Å²) in [6.07, 6.45) is 1.56. The van der Waals surface area contributed by atoms with E-state index in [1.165, 1.54) is 13.8 Å². The Morgan fingerprint density at radius 1 is 1.00 bits per heavy atom. The van der Waals surface area contributed by atoms with Crippen molar-refractivity contribution in [1.82, 2.24) is 5.43 Å². The fourth-order valence-corrected chi connectivity index (χ4v) is 2.27.